The molecule has 2 aromatic rings. The van der Waals surface area contributed by atoms with Crippen molar-refractivity contribution in [3.05, 3.63) is 59.2 Å². The molecule has 0 bridgehead atoms. The monoisotopic (exact) mass is 434 g/mol. The van der Waals surface area contributed by atoms with Crippen molar-refractivity contribution in [1.82, 2.24) is 16.0 Å². The molecule has 0 saturated heterocycles. The molecule has 2 aromatic carbocycles. The lowest BCUT2D eigenvalue weighted by molar-refractivity contribution is -0.0504. The highest BCUT2D eigenvalue weighted by Gasteiger charge is 2.11. The van der Waals surface area contributed by atoms with Gasteiger partial charge in [-0.1, -0.05) is 12.1 Å². The summed E-state index contributed by atoms with van der Waals surface area (Å²) in [5.74, 6) is 0.989. The van der Waals surface area contributed by atoms with Crippen LogP contribution in [0, 0.1) is 0 Å². The number of aliphatic imine (C=N–C) groups is 1. The summed E-state index contributed by atoms with van der Waals surface area (Å²) >= 11 is 0. The average molecular weight is 434 g/mol. The third-order valence-corrected chi connectivity index (χ3v) is 4.36. The zero-order chi connectivity index (χ0) is 22.6. The fourth-order valence-corrected chi connectivity index (χ4v) is 2.86. The highest BCUT2D eigenvalue weighted by atomic mass is 19.3. The predicted molar refractivity (Wildman–Crippen MR) is 116 cm³/mol. The number of rotatable bonds is 10. The van der Waals surface area contributed by atoms with Gasteiger partial charge >= 0.3 is 6.61 Å². The molecular formula is C22H28F2N4O3. The van der Waals surface area contributed by atoms with E-state index in [4.69, 9.17) is 4.74 Å². The Morgan fingerprint density at radius 1 is 1.16 bits per heavy atom. The Hall–Kier alpha value is -3.36. The summed E-state index contributed by atoms with van der Waals surface area (Å²) in [5, 5.41) is 8.94. The number of ether oxygens (including phenoxy) is 2. The van der Waals surface area contributed by atoms with E-state index in [-0.39, 0.29) is 18.2 Å². The van der Waals surface area contributed by atoms with Crippen LogP contribution in [0.25, 0.3) is 0 Å². The maximum atomic E-state index is 12.7. The molecule has 0 heterocycles. The Morgan fingerprint density at radius 2 is 1.97 bits per heavy atom. The van der Waals surface area contributed by atoms with E-state index in [0.29, 0.717) is 42.3 Å². The van der Waals surface area contributed by atoms with Crippen molar-refractivity contribution in [2.75, 3.05) is 27.2 Å². The van der Waals surface area contributed by atoms with Crippen molar-refractivity contribution in [1.29, 1.82) is 0 Å². The largest absolute Gasteiger partial charge is 0.497 e. The standard InChI is InChI=1S/C22H28F2N4O3/c1-4-26-22(27-11-10-15-6-5-7-16(12-15)20(29)25-2)28-14-17-13-18(30-3)8-9-19(17)31-21(23)24/h5-9,12-13,21H,4,10-11,14H2,1-3H3,(H,25,29)(H2,26,27,28). The molecule has 0 atom stereocenters. The first-order chi connectivity index (χ1) is 15.0. The number of alkyl halides is 2. The molecule has 2 rings (SSSR count). The first-order valence-corrected chi connectivity index (χ1v) is 9.91. The molecule has 31 heavy (non-hydrogen) atoms. The van der Waals surface area contributed by atoms with E-state index in [0.717, 1.165) is 5.56 Å². The van der Waals surface area contributed by atoms with E-state index in [9.17, 15) is 13.6 Å². The molecule has 168 valence electrons. The summed E-state index contributed by atoms with van der Waals surface area (Å²) in [6.45, 7) is 0.340. The SMILES string of the molecule is CCNC(=NCc1cc(OC)ccc1OC(F)F)NCCc1cccc(C(=O)NC)c1. The van der Waals surface area contributed by atoms with Crippen molar-refractivity contribution in [2.24, 2.45) is 4.99 Å². The highest BCUT2D eigenvalue weighted by Crippen LogP contribution is 2.26. The fraction of sp³-hybridized carbons (Fsp3) is 0.364. The van der Waals surface area contributed by atoms with Crippen molar-refractivity contribution in [3.63, 3.8) is 0 Å². The van der Waals surface area contributed by atoms with E-state index in [1.165, 1.54) is 13.2 Å². The molecule has 0 unspecified atom stereocenters. The molecule has 0 radical (unpaired) electrons. The van der Waals surface area contributed by atoms with Crippen LogP contribution in [0.15, 0.2) is 47.5 Å². The summed E-state index contributed by atoms with van der Waals surface area (Å²) in [7, 11) is 3.09. The molecule has 9 heteroatoms. The zero-order valence-corrected chi connectivity index (χ0v) is 17.9. The molecule has 0 saturated carbocycles. The molecule has 3 N–H and O–H groups in total. The Balaban J connectivity index is 2.05. The molecule has 0 aromatic heterocycles. The lowest BCUT2D eigenvalue weighted by atomic mass is 10.1. The van der Waals surface area contributed by atoms with Crippen molar-refractivity contribution in [3.8, 4) is 11.5 Å². The van der Waals surface area contributed by atoms with Gasteiger partial charge < -0.3 is 25.4 Å². The minimum absolute atomic E-state index is 0.0569. The second kappa shape index (κ2) is 12.4. The van der Waals surface area contributed by atoms with Gasteiger partial charge in [-0.2, -0.15) is 8.78 Å². The van der Waals surface area contributed by atoms with Crippen molar-refractivity contribution >= 4 is 11.9 Å². The molecule has 0 aliphatic carbocycles. The van der Waals surface area contributed by atoms with E-state index in [1.54, 1.807) is 25.2 Å². The summed E-state index contributed by atoms with van der Waals surface area (Å²) in [6.07, 6.45) is 0.675. The van der Waals surface area contributed by atoms with Crippen LogP contribution in [-0.2, 0) is 13.0 Å². The van der Waals surface area contributed by atoms with Gasteiger partial charge in [0.15, 0.2) is 5.96 Å². The maximum Gasteiger partial charge on any atom is 0.387 e. The highest BCUT2D eigenvalue weighted by molar-refractivity contribution is 5.94. The van der Waals surface area contributed by atoms with Crippen LogP contribution in [0.1, 0.15) is 28.4 Å². The number of amides is 1. The number of carbonyl (C=O) groups excluding carboxylic acids is 1. The number of hydrogen-bond acceptors (Lipinski definition) is 4. The fourth-order valence-electron chi connectivity index (χ4n) is 2.86. The average Bonchev–Trinajstić information content (AvgIpc) is 2.77. The Morgan fingerprint density at radius 3 is 2.65 bits per heavy atom. The number of benzene rings is 2. The van der Waals surface area contributed by atoms with Crippen LogP contribution in [0.3, 0.4) is 0 Å². The van der Waals surface area contributed by atoms with Crippen LogP contribution in [0.2, 0.25) is 0 Å². The first-order valence-electron chi connectivity index (χ1n) is 9.91. The molecule has 1 amide bonds. The smallest absolute Gasteiger partial charge is 0.387 e. The van der Waals surface area contributed by atoms with Crippen LogP contribution < -0.4 is 25.4 Å². The molecule has 7 nitrogen and oxygen atoms in total. The van der Waals surface area contributed by atoms with Crippen LogP contribution in [0.5, 0.6) is 11.5 Å². The Kier molecular flexibility index (Phi) is 9.54. The zero-order valence-electron chi connectivity index (χ0n) is 17.9. The van der Waals surface area contributed by atoms with Crippen LogP contribution in [0.4, 0.5) is 8.78 Å². The summed E-state index contributed by atoms with van der Waals surface area (Å²) in [6, 6.07) is 12.0. The van der Waals surface area contributed by atoms with E-state index in [1.807, 2.05) is 25.1 Å². The van der Waals surface area contributed by atoms with Gasteiger partial charge in [0, 0.05) is 31.3 Å². The number of halogens is 2. The topological polar surface area (TPSA) is 84.0 Å². The molecule has 0 aliphatic rings. The van der Waals surface area contributed by atoms with Gasteiger partial charge in [0.2, 0.25) is 0 Å². The molecule has 0 aliphatic heterocycles. The number of guanidine groups is 1. The van der Waals surface area contributed by atoms with Crippen LogP contribution in [-0.4, -0.2) is 45.7 Å². The Bertz CT molecular complexity index is 891. The second-order valence-corrected chi connectivity index (χ2v) is 6.50. The van der Waals surface area contributed by atoms with Gasteiger partial charge in [-0.25, -0.2) is 4.99 Å². The van der Waals surface area contributed by atoms with Gasteiger partial charge in [-0.05, 0) is 49.2 Å². The van der Waals surface area contributed by atoms with Crippen molar-refractivity contribution in [2.45, 2.75) is 26.5 Å². The van der Waals surface area contributed by atoms with Gasteiger partial charge in [0.05, 0.1) is 13.7 Å². The molecular weight excluding hydrogens is 406 g/mol. The quantitative estimate of drug-likeness (QED) is 0.396. The number of methoxy groups -OCH3 is 1. The molecule has 0 fully saturated rings. The number of nitrogens with one attached hydrogen (secondary N) is 3. The van der Waals surface area contributed by atoms with E-state index >= 15 is 0 Å². The Labute approximate surface area is 180 Å². The number of nitrogens with zero attached hydrogens (tertiary/aromatic N) is 1. The van der Waals surface area contributed by atoms with Crippen LogP contribution >= 0.6 is 0 Å². The minimum atomic E-state index is -2.92. The third kappa shape index (κ3) is 7.76. The lowest BCUT2D eigenvalue weighted by Gasteiger charge is -2.14. The minimum Gasteiger partial charge on any atom is -0.497 e. The van der Waals surface area contributed by atoms with E-state index in [2.05, 4.69) is 25.7 Å². The summed E-state index contributed by atoms with van der Waals surface area (Å²) in [4.78, 5) is 16.2. The summed E-state index contributed by atoms with van der Waals surface area (Å²) in [5.41, 5.74) is 2.09. The predicted octanol–water partition coefficient (Wildman–Crippen LogP) is 2.95. The third-order valence-electron chi connectivity index (χ3n) is 4.36. The number of hydrogen-bond donors (Lipinski definition) is 3. The first kappa shape index (κ1) is 23.9. The summed E-state index contributed by atoms with van der Waals surface area (Å²) < 4.78 is 35.1. The second-order valence-electron chi connectivity index (χ2n) is 6.50. The van der Waals surface area contributed by atoms with Gasteiger partial charge in [0.25, 0.3) is 5.91 Å². The number of carbonyl (C=O) groups is 1. The maximum absolute atomic E-state index is 12.7. The van der Waals surface area contributed by atoms with Crippen molar-refractivity contribution < 1.29 is 23.0 Å². The normalized spacial score (nSPS) is 11.2. The van der Waals surface area contributed by atoms with Gasteiger partial charge in [0.1, 0.15) is 11.5 Å². The van der Waals surface area contributed by atoms with E-state index < -0.39 is 6.61 Å². The van der Waals surface area contributed by atoms with Gasteiger partial charge in [-0.3, -0.25) is 4.79 Å². The lowest BCUT2D eigenvalue weighted by Crippen LogP contribution is -2.38. The van der Waals surface area contributed by atoms with Gasteiger partial charge in [-0.15, -0.1) is 0 Å². The molecule has 0 spiro atoms.